The monoisotopic (exact) mass is 423 g/mol. The van der Waals surface area contributed by atoms with Gasteiger partial charge in [0, 0.05) is 36.8 Å². The summed E-state index contributed by atoms with van der Waals surface area (Å²) in [7, 11) is 1.77. The number of carbonyl (C=O) groups excluding carboxylic acids is 1. The minimum atomic E-state index is -0.207. The largest absolute Gasteiger partial charge is 0.355 e. The standard InChI is InChI=1S/C25H21N5O2/c1-17(29(2)25(31)22-14-24(32-28-22)19-6-5-13-26-15-19)18-9-11-20(12-10-18)30-16-27-21-7-3-4-8-23(21)30/h3-17H,1-2H3. The molecular formula is C25H21N5O2. The molecule has 0 saturated heterocycles. The zero-order valence-corrected chi connectivity index (χ0v) is 17.7. The summed E-state index contributed by atoms with van der Waals surface area (Å²) >= 11 is 0. The summed E-state index contributed by atoms with van der Waals surface area (Å²) in [5.41, 5.74) is 5.08. The number of para-hydroxylation sites is 2. The topological polar surface area (TPSA) is 77.0 Å². The van der Waals surface area contributed by atoms with Gasteiger partial charge in [-0.05, 0) is 48.9 Å². The molecule has 0 aliphatic rings. The fraction of sp³-hybridized carbons (Fsp3) is 0.120. The van der Waals surface area contributed by atoms with E-state index >= 15 is 0 Å². The second-order valence-corrected chi connectivity index (χ2v) is 7.60. The normalized spacial score (nSPS) is 12.1. The quantitative estimate of drug-likeness (QED) is 0.401. The third kappa shape index (κ3) is 3.54. The van der Waals surface area contributed by atoms with E-state index in [4.69, 9.17) is 4.52 Å². The molecule has 0 fully saturated rings. The van der Waals surface area contributed by atoms with Crippen molar-refractivity contribution in [1.82, 2.24) is 24.6 Å². The fourth-order valence-corrected chi connectivity index (χ4v) is 3.68. The van der Waals surface area contributed by atoms with E-state index in [1.807, 2.05) is 78.5 Å². The predicted octanol–water partition coefficient (Wildman–Crippen LogP) is 4.91. The highest BCUT2D eigenvalue weighted by molar-refractivity contribution is 5.93. The Kier molecular flexibility index (Phi) is 4.99. The zero-order valence-electron chi connectivity index (χ0n) is 17.7. The maximum atomic E-state index is 13.0. The summed E-state index contributed by atoms with van der Waals surface area (Å²) in [5.74, 6) is 0.306. The van der Waals surface area contributed by atoms with Crippen LogP contribution in [0.1, 0.15) is 29.0 Å². The Balaban J connectivity index is 1.34. The SMILES string of the molecule is CC(c1ccc(-n2cnc3ccccc32)cc1)N(C)C(=O)c1cc(-c2cccnc2)on1. The van der Waals surface area contributed by atoms with Crippen LogP contribution in [0.2, 0.25) is 0 Å². The third-order valence-corrected chi connectivity index (χ3v) is 5.68. The Morgan fingerprint density at radius 1 is 1.06 bits per heavy atom. The molecule has 1 amide bonds. The van der Waals surface area contributed by atoms with Crippen LogP contribution in [0.3, 0.4) is 0 Å². The number of benzene rings is 2. The smallest absolute Gasteiger partial charge is 0.276 e. The van der Waals surface area contributed by atoms with Gasteiger partial charge in [-0.3, -0.25) is 14.3 Å². The molecule has 3 aromatic heterocycles. The number of nitrogens with zero attached hydrogens (tertiary/aromatic N) is 5. The van der Waals surface area contributed by atoms with Crippen molar-refractivity contribution >= 4 is 16.9 Å². The molecule has 0 spiro atoms. The van der Waals surface area contributed by atoms with E-state index in [0.717, 1.165) is 27.8 Å². The number of amides is 1. The molecule has 0 saturated carbocycles. The molecule has 2 aromatic carbocycles. The van der Waals surface area contributed by atoms with E-state index in [2.05, 4.69) is 15.1 Å². The van der Waals surface area contributed by atoms with Gasteiger partial charge in [0.15, 0.2) is 11.5 Å². The first-order valence-corrected chi connectivity index (χ1v) is 10.3. The van der Waals surface area contributed by atoms with E-state index in [1.54, 1.807) is 30.4 Å². The molecule has 5 rings (SSSR count). The van der Waals surface area contributed by atoms with Gasteiger partial charge in [-0.25, -0.2) is 4.98 Å². The second kappa shape index (κ2) is 8.11. The molecule has 158 valence electrons. The van der Waals surface area contributed by atoms with E-state index in [-0.39, 0.29) is 17.6 Å². The molecule has 0 N–H and O–H groups in total. The first-order chi connectivity index (χ1) is 15.6. The summed E-state index contributed by atoms with van der Waals surface area (Å²) in [6.07, 6.45) is 5.18. The van der Waals surface area contributed by atoms with E-state index in [9.17, 15) is 4.79 Å². The lowest BCUT2D eigenvalue weighted by Gasteiger charge is -2.24. The van der Waals surface area contributed by atoms with Gasteiger partial charge in [0.1, 0.15) is 6.33 Å². The van der Waals surface area contributed by atoms with Gasteiger partial charge in [0.2, 0.25) is 0 Å². The first-order valence-electron chi connectivity index (χ1n) is 10.3. The van der Waals surface area contributed by atoms with Crippen molar-refractivity contribution in [3.8, 4) is 17.0 Å². The van der Waals surface area contributed by atoms with Crippen LogP contribution in [0.15, 0.2) is 90.0 Å². The molecule has 0 aliphatic carbocycles. The number of carbonyl (C=O) groups is 1. The van der Waals surface area contributed by atoms with Crippen LogP contribution in [-0.4, -0.2) is 37.5 Å². The van der Waals surface area contributed by atoms with Crippen molar-refractivity contribution in [2.75, 3.05) is 7.05 Å². The summed E-state index contributed by atoms with van der Waals surface area (Å²) in [4.78, 5) is 23.2. The third-order valence-electron chi connectivity index (χ3n) is 5.68. The zero-order chi connectivity index (χ0) is 22.1. The van der Waals surface area contributed by atoms with Gasteiger partial charge in [-0.2, -0.15) is 0 Å². The van der Waals surface area contributed by atoms with Gasteiger partial charge >= 0.3 is 0 Å². The van der Waals surface area contributed by atoms with E-state index in [1.165, 1.54) is 0 Å². The fourth-order valence-electron chi connectivity index (χ4n) is 3.68. The Bertz CT molecular complexity index is 1370. The second-order valence-electron chi connectivity index (χ2n) is 7.60. The lowest BCUT2D eigenvalue weighted by Crippen LogP contribution is -2.29. The maximum Gasteiger partial charge on any atom is 0.276 e. The minimum Gasteiger partial charge on any atom is -0.355 e. The summed E-state index contributed by atoms with van der Waals surface area (Å²) in [6, 6.07) is 21.3. The number of fused-ring (bicyclic) bond motifs is 1. The molecule has 7 nitrogen and oxygen atoms in total. The Morgan fingerprint density at radius 2 is 1.88 bits per heavy atom. The molecule has 3 heterocycles. The summed E-state index contributed by atoms with van der Waals surface area (Å²) in [6.45, 7) is 1.99. The van der Waals surface area contributed by atoms with Gasteiger partial charge in [-0.15, -0.1) is 0 Å². The molecular weight excluding hydrogens is 402 g/mol. The Hall–Kier alpha value is -4.26. The van der Waals surface area contributed by atoms with Crippen molar-refractivity contribution in [2.45, 2.75) is 13.0 Å². The van der Waals surface area contributed by atoms with Gasteiger partial charge in [0.25, 0.3) is 5.91 Å². The van der Waals surface area contributed by atoms with E-state index in [0.29, 0.717) is 5.76 Å². The number of hydrogen-bond donors (Lipinski definition) is 0. The van der Waals surface area contributed by atoms with Crippen LogP contribution in [0.4, 0.5) is 0 Å². The summed E-state index contributed by atoms with van der Waals surface area (Å²) < 4.78 is 7.40. The molecule has 0 bridgehead atoms. The van der Waals surface area contributed by atoms with E-state index < -0.39 is 0 Å². The number of hydrogen-bond acceptors (Lipinski definition) is 5. The molecule has 32 heavy (non-hydrogen) atoms. The van der Waals surface area contributed by atoms with Crippen molar-refractivity contribution in [3.63, 3.8) is 0 Å². The number of pyridine rings is 1. The Labute approximate surface area is 184 Å². The highest BCUT2D eigenvalue weighted by Gasteiger charge is 2.22. The van der Waals surface area contributed by atoms with Gasteiger partial charge < -0.3 is 9.42 Å². The summed E-state index contributed by atoms with van der Waals surface area (Å²) in [5, 5.41) is 3.96. The highest BCUT2D eigenvalue weighted by atomic mass is 16.5. The van der Waals surface area contributed by atoms with Crippen molar-refractivity contribution < 1.29 is 9.32 Å². The lowest BCUT2D eigenvalue weighted by molar-refractivity contribution is 0.0732. The first kappa shape index (κ1) is 19.7. The lowest BCUT2D eigenvalue weighted by atomic mass is 10.1. The molecule has 0 aliphatic heterocycles. The Morgan fingerprint density at radius 3 is 2.66 bits per heavy atom. The average molecular weight is 423 g/mol. The number of imidazole rings is 1. The van der Waals surface area contributed by atoms with Gasteiger partial charge in [-0.1, -0.05) is 29.4 Å². The molecule has 1 atom stereocenters. The number of rotatable bonds is 5. The van der Waals surface area contributed by atoms with Crippen LogP contribution < -0.4 is 0 Å². The number of aromatic nitrogens is 4. The molecule has 5 aromatic rings. The molecule has 1 unspecified atom stereocenters. The van der Waals surface area contributed by atoms with Crippen LogP contribution in [0.5, 0.6) is 0 Å². The van der Waals surface area contributed by atoms with Crippen LogP contribution in [0, 0.1) is 0 Å². The predicted molar refractivity (Wildman–Crippen MR) is 121 cm³/mol. The van der Waals surface area contributed by atoms with Crippen LogP contribution in [0.25, 0.3) is 28.0 Å². The van der Waals surface area contributed by atoms with Gasteiger partial charge in [0.05, 0.1) is 17.1 Å². The maximum absolute atomic E-state index is 13.0. The van der Waals surface area contributed by atoms with Crippen molar-refractivity contribution in [2.24, 2.45) is 0 Å². The van der Waals surface area contributed by atoms with Crippen LogP contribution >= 0.6 is 0 Å². The van der Waals surface area contributed by atoms with Crippen molar-refractivity contribution in [3.05, 3.63) is 96.7 Å². The van der Waals surface area contributed by atoms with Crippen LogP contribution in [-0.2, 0) is 0 Å². The minimum absolute atomic E-state index is 0.144. The van der Waals surface area contributed by atoms with Crippen molar-refractivity contribution in [1.29, 1.82) is 0 Å². The highest BCUT2D eigenvalue weighted by Crippen LogP contribution is 2.25. The molecule has 0 radical (unpaired) electrons. The average Bonchev–Trinajstić information content (AvgIpc) is 3.51. The molecule has 7 heteroatoms.